The van der Waals surface area contributed by atoms with E-state index >= 15 is 0 Å². The second kappa shape index (κ2) is 5.43. The fraction of sp³-hybridized carbons (Fsp3) is 0.100. The number of nitrogens with two attached hydrogens (primary N) is 1. The van der Waals surface area contributed by atoms with Crippen LogP contribution in [0.25, 0.3) is 0 Å². The standard InChI is InChI=1S/C10H10N4O4S2/c1-18-9(15)8-12-13-10(19-8)14-20(16,17)7-4-2-6(11)3-5-7/h2-5H,11H2,1H3,(H,13,14). The van der Waals surface area contributed by atoms with Gasteiger partial charge in [0.25, 0.3) is 10.0 Å². The van der Waals surface area contributed by atoms with E-state index in [4.69, 9.17) is 5.73 Å². The number of aromatic nitrogens is 2. The number of carbonyl (C=O) groups is 1. The number of methoxy groups -OCH3 is 1. The fourth-order valence-electron chi connectivity index (χ4n) is 1.26. The first kappa shape index (κ1) is 14.2. The summed E-state index contributed by atoms with van der Waals surface area (Å²) in [6, 6.07) is 5.66. The fourth-order valence-corrected chi connectivity index (χ4v) is 3.15. The van der Waals surface area contributed by atoms with Crippen molar-refractivity contribution in [3.63, 3.8) is 0 Å². The maximum Gasteiger partial charge on any atom is 0.369 e. The predicted octanol–water partition coefficient (Wildman–Crippen LogP) is 0.708. The molecule has 8 nitrogen and oxygen atoms in total. The van der Waals surface area contributed by atoms with Crippen LogP contribution in [0.1, 0.15) is 9.80 Å². The third-order valence-electron chi connectivity index (χ3n) is 2.20. The second-order valence-electron chi connectivity index (χ2n) is 3.58. The number of ether oxygens (including phenoxy) is 1. The van der Waals surface area contributed by atoms with Gasteiger partial charge < -0.3 is 10.5 Å². The van der Waals surface area contributed by atoms with E-state index in [1.165, 1.54) is 31.4 Å². The molecule has 2 rings (SSSR count). The van der Waals surface area contributed by atoms with Gasteiger partial charge in [0.1, 0.15) is 0 Å². The number of benzene rings is 1. The van der Waals surface area contributed by atoms with Crippen LogP contribution in [0.5, 0.6) is 0 Å². The van der Waals surface area contributed by atoms with Crippen LogP contribution in [0.4, 0.5) is 10.8 Å². The van der Waals surface area contributed by atoms with Gasteiger partial charge in [-0.3, -0.25) is 4.72 Å². The smallest absolute Gasteiger partial charge is 0.369 e. The summed E-state index contributed by atoms with van der Waals surface area (Å²) in [5.74, 6) is -0.680. The van der Waals surface area contributed by atoms with Gasteiger partial charge in [-0.05, 0) is 24.3 Å². The zero-order valence-electron chi connectivity index (χ0n) is 10.2. The minimum absolute atomic E-state index is 0.0257. The Hall–Kier alpha value is -2.20. The van der Waals surface area contributed by atoms with Crippen molar-refractivity contribution in [2.75, 3.05) is 17.6 Å². The number of nitrogens with zero attached hydrogens (tertiary/aromatic N) is 2. The largest absolute Gasteiger partial charge is 0.464 e. The molecule has 3 N–H and O–H groups in total. The van der Waals surface area contributed by atoms with Crippen molar-refractivity contribution in [1.29, 1.82) is 0 Å². The lowest BCUT2D eigenvalue weighted by Gasteiger charge is -2.04. The molecule has 1 aromatic heterocycles. The first-order chi connectivity index (χ1) is 9.42. The summed E-state index contributed by atoms with van der Waals surface area (Å²) in [6.07, 6.45) is 0. The second-order valence-corrected chi connectivity index (χ2v) is 6.24. The zero-order chi connectivity index (χ0) is 14.8. The number of anilines is 2. The van der Waals surface area contributed by atoms with E-state index in [1.54, 1.807) is 0 Å². The molecule has 0 spiro atoms. The molecule has 1 aromatic carbocycles. The maximum atomic E-state index is 12.0. The van der Waals surface area contributed by atoms with Crippen molar-refractivity contribution < 1.29 is 17.9 Å². The normalized spacial score (nSPS) is 11.1. The summed E-state index contributed by atoms with van der Waals surface area (Å²) < 4.78 is 30.7. The van der Waals surface area contributed by atoms with Gasteiger partial charge >= 0.3 is 5.97 Å². The van der Waals surface area contributed by atoms with Crippen molar-refractivity contribution in [3.8, 4) is 0 Å². The molecule has 10 heteroatoms. The lowest BCUT2D eigenvalue weighted by molar-refractivity contribution is 0.0599. The van der Waals surface area contributed by atoms with Crippen LogP contribution in [0, 0.1) is 0 Å². The number of nitrogens with one attached hydrogen (secondary N) is 1. The topological polar surface area (TPSA) is 124 Å². The first-order valence-corrected chi connectivity index (χ1v) is 7.52. The molecule has 0 saturated heterocycles. The molecule has 0 unspecified atom stereocenters. The molecule has 0 aliphatic rings. The molecule has 0 amide bonds. The number of nitrogen functional groups attached to an aromatic ring is 1. The number of esters is 1. The molecular formula is C10H10N4O4S2. The minimum Gasteiger partial charge on any atom is -0.464 e. The highest BCUT2D eigenvalue weighted by molar-refractivity contribution is 7.93. The van der Waals surface area contributed by atoms with Gasteiger partial charge in [0.15, 0.2) is 0 Å². The summed E-state index contributed by atoms with van der Waals surface area (Å²) >= 11 is 0.779. The Labute approximate surface area is 118 Å². The average Bonchev–Trinajstić information content (AvgIpc) is 2.86. The van der Waals surface area contributed by atoms with Crippen LogP contribution in [0.15, 0.2) is 29.2 Å². The van der Waals surface area contributed by atoms with Crippen LogP contribution in [0.3, 0.4) is 0 Å². The number of sulfonamides is 1. The highest BCUT2D eigenvalue weighted by Crippen LogP contribution is 2.20. The third-order valence-corrected chi connectivity index (χ3v) is 4.50. The predicted molar refractivity (Wildman–Crippen MR) is 72.9 cm³/mol. The summed E-state index contributed by atoms with van der Waals surface area (Å²) in [5, 5.41) is 7.03. The molecule has 106 valence electrons. The monoisotopic (exact) mass is 314 g/mol. The van der Waals surface area contributed by atoms with Gasteiger partial charge in [-0.15, -0.1) is 10.2 Å². The van der Waals surface area contributed by atoms with Gasteiger partial charge in [0.2, 0.25) is 10.1 Å². The van der Waals surface area contributed by atoms with Crippen LogP contribution < -0.4 is 10.5 Å². The Bertz CT molecular complexity index is 724. The van der Waals surface area contributed by atoms with Crippen molar-refractivity contribution in [1.82, 2.24) is 10.2 Å². The van der Waals surface area contributed by atoms with Crippen LogP contribution in [-0.4, -0.2) is 31.7 Å². The average molecular weight is 314 g/mol. The quantitative estimate of drug-likeness (QED) is 0.629. The Kier molecular flexibility index (Phi) is 3.86. The maximum absolute atomic E-state index is 12.0. The van der Waals surface area contributed by atoms with E-state index in [9.17, 15) is 13.2 Å². The van der Waals surface area contributed by atoms with Crippen molar-refractivity contribution >= 4 is 38.1 Å². The van der Waals surface area contributed by atoms with Crippen molar-refractivity contribution in [3.05, 3.63) is 29.3 Å². The molecule has 1 heterocycles. The van der Waals surface area contributed by atoms with Gasteiger partial charge in [0, 0.05) is 5.69 Å². The van der Waals surface area contributed by atoms with E-state index in [1.807, 2.05) is 0 Å². The van der Waals surface area contributed by atoms with Gasteiger partial charge in [-0.2, -0.15) is 0 Å². The molecule has 20 heavy (non-hydrogen) atoms. The summed E-state index contributed by atoms with van der Waals surface area (Å²) in [4.78, 5) is 11.2. The molecule has 0 aliphatic carbocycles. The highest BCUT2D eigenvalue weighted by Gasteiger charge is 2.19. The summed E-state index contributed by atoms with van der Waals surface area (Å²) in [5.41, 5.74) is 5.94. The highest BCUT2D eigenvalue weighted by atomic mass is 32.2. The summed E-state index contributed by atoms with van der Waals surface area (Å²) in [7, 11) is -2.60. The molecule has 0 fully saturated rings. The number of rotatable bonds is 4. The molecule has 0 saturated carbocycles. The number of hydrogen-bond acceptors (Lipinski definition) is 8. The number of hydrogen-bond donors (Lipinski definition) is 2. The van der Waals surface area contributed by atoms with E-state index in [2.05, 4.69) is 19.7 Å². The first-order valence-electron chi connectivity index (χ1n) is 5.22. The van der Waals surface area contributed by atoms with Crippen LogP contribution >= 0.6 is 11.3 Å². The Morgan fingerprint density at radius 2 is 1.95 bits per heavy atom. The molecule has 0 radical (unpaired) electrons. The van der Waals surface area contributed by atoms with Gasteiger partial charge in [-0.1, -0.05) is 11.3 Å². The Morgan fingerprint density at radius 1 is 1.30 bits per heavy atom. The molecule has 0 bridgehead atoms. The van der Waals surface area contributed by atoms with Gasteiger partial charge in [-0.25, -0.2) is 13.2 Å². The molecule has 2 aromatic rings. The van der Waals surface area contributed by atoms with Crippen molar-refractivity contribution in [2.45, 2.75) is 4.90 Å². The van der Waals surface area contributed by atoms with Crippen LogP contribution in [-0.2, 0) is 14.8 Å². The lowest BCUT2D eigenvalue weighted by atomic mass is 10.3. The molecule has 0 atom stereocenters. The molecular weight excluding hydrogens is 304 g/mol. The zero-order valence-corrected chi connectivity index (χ0v) is 11.9. The Morgan fingerprint density at radius 3 is 2.55 bits per heavy atom. The third kappa shape index (κ3) is 3.03. The number of carbonyl (C=O) groups excluding carboxylic acids is 1. The van der Waals surface area contributed by atoms with E-state index in [-0.39, 0.29) is 15.0 Å². The van der Waals surface area contributed by atoms with E-state index < -0.39 is 16.0 Å². The van der Waals surface area contributed by atoms with Gasteiger partial charge in [0.05, 0.1) is 12.0 Å². The minimum atomic E-state index is -3.80. The van der Waals surface area contributed by atoms with E-state index in [0.29, 0.717) is 5.69 Å². The molecule has 0 aliphatic heterocycles. The lowest BCUT2D eigenvalue weighted by Crippen LogP contribution is -2.12. The summed E-state index contributed by atoms with van der Waals surface area (Å²) in [6.45, 7) is 0. The Balaban J connectivity index is 2.22. The van der Waals surface area contributed by atoms with E-state index in [0.717, 1.165) is 11.3 Å². The van der Waals surface area contributed by atoms with Crippen molar-refractivity contribution in [2.24, 2.45) is 0 Å². The van der Waals surface area contributed by atoms with Crippen LogP contribution in [0.2, 0.25) is 0 Å². The SMILES string of the molecule is COC(=O)c1nnc(NS(=O)(=O)c2ccc(N)cc2)s1.